The maximum absolute atomic E-state index is 4.54. The Kier molecular flexibility index (Phi) is 4.31. The normalized spacial score (nSPS) is 11.0. The second-order valence-electron chi connectivity index (χ2n) is 4.14. The molecule has 0 unspecified atom stereocenters. The van der Waals surface area contributed by atoms with Gasteiger partial charge in [-0.25, -0.2) is 4.98 Å². The molecule has 0 spiro atoms. The van der Waals surface area contributed by atoms with Crippen molar-refractivity contribution in [3.8, 4) is 0 Å². The van der Waals surface area contributed by atoms with E-state index in [9.17, 15) is 0 Å². The van der Waals surface area contributed by atoms with Crippen molar-refractivity contribution in [3.63, 3.8) is 0 Å². The van der Waals surface area contributed by atoms with Gasteiger partial charge in [-0.15, -0.1) is 22.7 Å². The fourth-order valence-electron chi connectivity index (χ4n) is 1.64. The predicted octanol–water partition coefficient (Wildman–Crippen LogP) is 3.67. The lowest BCUT2D eigenvalue weighted by Crippen LogP contribution is -2.12. The molecule has 0 aliphatic carbocycles. The summed E-state index contributed by atoms with van der Waals surface area (Å²) in [5.74, 6) is 0. The van der Waals surface area contributed by atoms with Gasteiger partial charge in [0.2, 0.25) is 0 Å². The predicted molar refractivity (Wildman–Crippen MR) is 75.8 cm³/mol. The number of rotatable bonds is 5. The fourth-order valence-corrected chi connectivity index (χ4v) is 3.41. The van der Waals surface area contributed by atoms with Gasteiger partial charge < -0.3 is 5.32 Å². The molecule has 0 atom stereocenters. The van der Waals surface area contributed by atoms with E-state index in [1.807, 2.05) is 11.3 Å². The van der Waals surface area contributed by atoms with Crippen LogP contribution in [0.15, 0.2) is 11.4 Å². The van der Waals surface area contributed by atoms with Gasteiger partial charge in [0.1, 0.15) is 0 Å². The second kappa shape index (κ2) is 5.76. The van der Waals surface area contributed by atoms with Crippen LogP contribution in [0.1, 0.15) is 32.9 Å². The molecule has 2 nitrogen and oxygen atoms in total. The minimum atomic E-state index is 0.868. The summed E-state index contributed by atoms with van der Waals surface area (Å²) in [5.41, 5.74) is 2.56. The molecule has 1 N–H and O–H groups in total. The highest BCUT2D eigenvalue weighted by Crippen LogP contribution is 2.20. The van der Waals surface area contributed by atoms with Crippen LogP contribution in [0.5, 0.6) is 0 Å². The van der Waals surface area contributed by atoms with Crippen molar-refractivity contribution >= 4 is 22.7 Å². The first kappa shape index (κ1) is 12.7. The van der Waals surface area contributed by atoms with Gasteiger partial charge in [-0.05, 0) is 31.9 Å². The molecular formula is C13H18N2S2. The van der Waals surface area contributed by atoms with Gasteiger partial charge >= 0.3 is 0 Å². The maximum Gasteiger partial charge on any atom is 0.0926 e. The molecule has 0 saturated carbocycles. The van der Waals surface area contributed by atoms with Crippen molar-refractivity contribution in [3.05, 3.63) is 37.5 Å². The molecule has 0 amide bonds. The van der Waals surface area contributed by atoms with Crippen molar-refractivity contribution in [2.45, 2.75) is 40.3 Å². The summed E-state index contributed by atoms with van der Waals surface area (Å²) in [4.78, 5) is 7.37. The van der Waals surface area contributed by atoms with Gasteiger partial charge in [0.05, 0.1) is 10.7 Å². The smallest absolute Gasteiger partial charge is 0.0926 e. The van der Waals surface area contributed by atoms with E-state index < -0.39 is 0 Å². The second-order valence-corrected chi connectivity index (χ2v) is 6.43. The lowest BCUT2D eigenvalue weighted by atomic mass is 10.3. The average Bonchev–Trinajstić information content (AvgIpc) is 2.87. The van der Waals surface area contributed by atoms with Crippen LogP contribution in [-0.4, -0.2) is 4.98 Å². The summed E-state index contributed by atoms with van der Waals surface area (Å²) < 4.78 is 0. The van der Waals surface area contributed by atoms with E-state index in [0.717, 1.165) is 25.2 Å². The number of hydrogen-bond acceptors (Lipinski definition) is 4. The van der Waals surface area contributed by atoms with Crippen LogP contribution >= 0.6 is 22.7 Å². The van der Waals surface area contributed by atoms with Crippen LogP contribution in [0.2, 0.25) is 0 Å². The lowest BCUT2D eigenvalue weighted by Gasteiger charge is -1.99. The quantitative estimate of drug-likeness (QED) is 0.893. The van der Waals surface area contributed by atoms with Gasteiger partial charge in [0, 0.05) is 28.2 Å². The molecule has 0 fully saturated rings. The minimum Gasteiger partial charge on any atom is -0.306 e. The Labute approximate surface area is 111 Å². The van der Waals surface area contributed by atoms with Crippen LogP contribution in [0.25, 0.3) is 0 Å². The number of aryl methyl sites for hydroxylation is 3. The van der Waals surface area contributed by atoms with Crippen molar-refractivity contribution < 1.29 is 0 Å². The Balaban J connectivity index is 1.83. The highest BCUT2D eigenvalue weighted by atomic mass is 32.1. The van der Waals surface area contributed by atoms with Gasteiger partial charge in [0.25, 0.3) is 0 Å². The van der Waals surface area contributed by atoms with Gasteiger partial charge in [-0.2, -0.15) is 0 Å². The van der Waals surface area contributed by atoms with Crippen molar-refractivity contribution in [1.82, 2.24) is 10.3 Å². The number of hydrogen-bond donors (Lipinski definition) is 1. The molecule has 2 heterocycles. The molecule has 0 aromatic carbocycles. The Morgan fingerprint density at radius 1 is 1.29 bits per heavy atom. The van der Waals surface area contributed by atoms with Crippen molar-refractivity contribution in [2.24, 2.45) is 0 Å². The van der Waals surface area contributed by atoms with Crippen LogP contribution in [-0.2, 0) is 19.5 Å². The summed E-state index contributed by atoms with van der Waals surface area (Å²) in [7, 11) is 0. The molecule has 2 rings (SSSR count). The van der Waals surface area contributed by atoms with E-state index in [1.165, 1.54) is 20.3 Å². The van der Waals surface area contributed by atoms with E-state index in [2.05, 4.69) is 42.5 Å². The maximum atomic E-state index is 4.54. The molecule has 2 aromatic heterocycles. The number of thiophene rings is 1. The van der Waals surface area contributed by atoms with E-state index in [4.69, 9.17) is 0 Å². The first-order valence-corrected chi connectivity index (χ1v) is 7.58. The lowest BCUT2D eigenvalue weighted by molar-refractivity contribution is 0.687. The van der Waals surface area contributed by atoms with E-state index >= 15 is 0 Å². The van der Waals surface area contributed by atoms with Gasteiger partial charge in [0.15, 0.2) is 0 Å². The first-order chi connectivity index (χ1) is 8.19. The zero-order valence-electron chi connectivity index (χ0n) is 10.5. The molecule has 4 heteroatoms. The van der Waals surface area contributed by atoms with Crippen LogP contribution in [0.4, 0.5) is 0 Å². The number of thiazole rings is 1. The molecule has 0 aliphatic heterocycles. The average molecular weight is 266 g/mol. The highest BCUT2D eigenvalue weighted by Gasteiger charge is 2.03. The van der Waals surface area contributed by atoms with Crippen molar-refractivity contribution in [1.29, 1.82) is 0 Å². The first-order valence-electron chi connectivity index (χ1n) is 5.89. The van der Waals surface area contributed by atoms with E-state index in [1.54, 1.807) is 11.3 Å². The number of nitrogens with one attached hydrogen (secondary N) is 1. The number of aromatic nitrogens is 1. The Morgan fingerprint density at radius 3 is 2.71 bits per heavy atom. The summed E-state index contributed by atoms with van der Waals surface area (Å²) in [6.45, 7) is 8.30. The summed E-state index contributed by atoms with van der Waals surface area (Å²) >= 11 is 3.63. The topological polar surface area (TPSA) is 24.9 Å². The Morgan fingerprint density at radius 2 is 2.12 bits per heavy atom. The molecule has 0 bridgehead atoms. The fraction of sp³-hybridized carbons (Fsp3) is 0.462. The minimum absolute atomic E-state index is 0.868. The summed E-state index contributed by atoms with van der Waals surface area (Å²) in [6, 6.07) is 2.27. The van der Waals surface area contributed by atoms with Crippen LogP contribution in [0, 0.1) is 13.8 Å². The summed E-state index contributed by atoms with van der Waals surface area (Å²) in [6.07, 6.45) is 1.04. The Bertz CT molecular complexity index is 466. The van der Waals surface area contributed by atoms with Crippen LogP contribution < -0.4 is 5.32 Å². The number of nitrogens with zero attached hydrogens (tertiary/aromatic N) is 1. The Hall–Kier alpha value is -0.710. The molecule has 0 aliphatic rings. The zero-order chi connectivity index (χ0) is 12.3. The largest absolute Gasteiger partial charge is 0.306 e. The third-order valence-electron chi connectivity index (χ3n) is 2.72. The molecule has 0 saturated heterocycles. The van der Waals surface area contributed by atoms with Gasteiger partial charge in [-0.1, -0.05) is 6.92 Å². The molecular weight excluding hydrogens is 248 g/mol. The standard InChI is InChI=1S/C13H18N2S2/c1-4-13-15-11(8-16-13)6-14-7-12-5-9(2)10(3)17-12/h5,8,14H,4,6-7H2,1-3H3. The van der Waals surface area contributed by atoms with E-state index in [-0.39, 0.29) is 0 Å². The summed E-state index contributed by atoms with van der Waals surface area (Å²) in [5, 5.41) is 6.83. The van der Waals surface area contributed by atoms with Crippen molar-refractivity contribution in [2.75, 3.05) is 0 Å². The molecule has 0 radical (unpaired) electrons. The molecule has 92 valence electrons. The van der Waals surface area contributed by atoms with E-state index in [0.29, 0.717) is 0 Å². The SMILES string of the molecule is CCc1nc(CNCc2cc(C)c(C)s2)cs1. The third kappa shape index (κ3) is 3.37. The van der Waals surface area contributed by atoms with Gasteiger partial charge in [-0.3, -0.25) is 0 Å². The molecule has 17 heavy (non-hydrogen) atoms. The third-order valence-corrected chi connectivity index (χ3v) is 4.92. The molecule has 2 aromatic rings. The highest BCUT2D eigenvalue weighted by molar-refractivity contribution is 7.12. The van der Waals surface area contributed by atoms with Crippen LogP contribution in [0.3, 0.4) is 0 Å². The zero-order valence-corrected chi connectivity index (χ0v) is 12.2. The monoisotopic (exact) mass is 266 g/mol.